The van der Waals surface area contributed by atoms with Crippen molar-refractivity contribution in [2.75, 3.05) is 17.2 Å². The van der Waals surface area contributed by atoms with Crippen LogP contribution in [0.2, 0.25) is 0 Å². The molecule has 20 nitrogen and oxygen atoms in total. The summed E-state index contributed by atoms with van der Waals surface area (Å²) in [5, 5.41) is 74.3. The summed E-state index contributed by atoms with van der Waals surface area (Å²) in [6, 6.07) is 2.93. The standard InChI is InChI=1S/C28H23N9O11S3.3Na/c1-9-4-15(37-28(30-9)33-20(34-37)26(46)47)49-6-11-7-50-23-17(22(41)36(23)18(11)24(42)43)32-21(40)16(12-8-51-27(29)31-12)35-48-19(25(44)45)10-2-3-13(38)14(39)5-10;;;/h2-5,8,17,19,23,38-39H,6-7H2,1H3,(H2,29,31)(H,32,40)(H,42,43)(H,44,45)(H,46,47);;;/q;3*+1/p-3/b35-16+;;;/t17-,19+,23-;;;/m1.../s1. The number of fused-ring (bicyclic) bond motifs is 2. The number of carboxylic acid groups (broad SMARTS) is 3. The van der Waals surface area contributed by atoms with Gasteiger partial charge in [0.2, 0.25) is 6.10 Å². The van der Waals surface area contributed by atoms with Crippen molar-refractivity contribution in [2.24, 2.45) is 10.1 Å². The Bertz CT molecular complexity index is 2230. The van der Waals surface area contributed by atoms with Crippen LogP contribution in [0.3, 0.4) is 0 Å². The summed E-state index contributed by atoms with van der Waals surface area (Å²) < 4.78 is 1.22. The largest absolute Gasteiger partial charge is 1.00 e. The number of aromatic nitrogens is 5. The molecule has 3 aromatic heterocycles. The van der Waals surface area contributed by atoms with Crippen LogP contribution in [0.25, 0.3) is 5.78 Å². The minimum atomic E-state index is -1.93. The zero-order valence-corrected chi connectivity index (χ0v) is 37.0. The fourth-order valence-corrected chi connectivity index (χ4v) is 7.95. The van der Waals surface area contributed by atoms with E-state index in [4.69, 9.17) is 10.6 Å². The Labute approximate surface area is 381 Å². The third-order valence-electron chi connectivity index (χ3n) is 7.18. The Morgan fingerprint density at radius 3 is 2.43 bits per heavy atom. The second kappa shape index (κ2) is 18.8. The Hall–Kier alpha value is -2.94. The van der Waals surface area contributed by atoms with Gasteiger partial charge in [-0.15, -0.1) is 51.5 Å². The molecule has 0 radical (unpaired) electrons. The fourth-order valence-electron chi connectivity index (χ4n) is 4.89. The zero-order chi connectivity index (χ0) is 36.7. The van der Waals surface area contributed by atoms with E-state index in [2.05, 4.69) is 30.2 Å². The molecule has 1 fully saturated rings. The number of rotatable bonds is 12. The SMILES string of the molecule is Cc1cc(SCC2=C(C(=O)O)N3C(=O)[C@@H](N=C([O-])/C(=N/O[C@H](C(=O)O)c4ccc([O-])c([O-])c4)c4csc(N)n4)[C@H]3SC2)n2nc(C(=O)O)nc2n1.[Na+].[Na+].[Na+]. The molecule has 2 aliphatic rings. The molecular formula is C28H20N9Na3O11S3. The number of amides is 1. The molecular weight excluding hydrogens is 804 g/mol. The third-order valence-corrected chi connectivity index (χ3v) is 10.3. The second-order valence-electron chi connectivity index (χ2n) is 10.6. The van der Waals surface area contributed by atoms with E-state index < -0.39 is 70.3 Å². The molecule has 3 atom stereocenters. The van der Waals surface area contributed by atoms with Crippen LogP contribution in [0.15, 0.2) is 56.1 Å². The number of thiazole rings is 1. The average molecular weight is 824 g/mol. The molecule has 4 aromatic rings. The number of carbonyl (C=O) groups is 4. The smallest absolute Gasteiger partial charge is 0.873 e. The Kier molecular flexibility index (Phi) is 15.8. The van der Waals surface area contributed by atoms with Gasteiger partial charge < -0.3 is 41.2 Å². The maximum atomic E-state index is 13.5. The topological polar surface area (TPSA) is 317 Å². The quantitative estimate of drug-likeness (QED) is 0.0196. The van der Waals surface area contributed by atoms with Gasteiger partial charge in [0.1, 0.15) is 27.5 Å². The van der Waals surface area contributed by atoms with Crippen molar-refractivity contribution in [1.29, 1.82) is 0 Å². The van der Waals surface area contributed by atoms with Crippen molar-refractivity contribution >= 4 is 81.2 Å². The summed E-state index contributed by atoms with van der Waals surface area (Å²) >= 11 is 3.18. The zero-order valence-electron chi connectivity index (χ0n) is 28.5. The predicted molar refractivity (Wildman–Crippen MR) is 172 cm³/mol. The summed E-state index contributed by atoms with van der Waals surface area (Å²) in [5.74, 6) is -8.47. The first-order chi connectivity index (χ1) is 24.2. The van der Waals surface area contributed by atoms with Crippen LogP contribution < -0.4 is 110 Å². The minimum Gasteiger partial charge on any atom is -0.873 e. The van der Waals surface area contributed by atoms with Gasteiger partial charge in [-0.05, 0) is 18.6 Å². The van der Waals surface area contributed by atoms with Gasteiger partial charge in [-0.1, -0.05) is 23.4 Å². The average Bonchev–Trinajstić information content (AvgIpc) is 3.71. The molecule has 54 heavy (non-hydrogen) atoms. The number of hydrogen-bond acceptors (Lipinski definition) is 18. The van der Waals surface area contributed by atoms with Crippen molar-refractivity contribution in [3.05, 3.63) is 63.7 Å². The van der Waals surface area contributed by atoms with E-state index in [0.717, 1.165) is 58.0 Å². The number of aromatic carboxylic acids is 1. The molecule has 2 aliphatic heterocycles. The molecule has 1 aromatic carbocycles. The molecule has 5 N–H and O–H groups in total. The van der Waals surface area contributed by atoms with E-state index in [1.54, 1.807) is 13.0 Å². The van der Waals surface area contributed by atoms with E-state index in [1.165, 1.54) is 9.90 Å². The van der Waals surface area contributed by atoms with Crippen LogP contribution in [0.5, 0.6) is 11.5 Å². The van der Waals surface area contributed by atoms with Gasteiger partial charge >= 0.3 is 107 Å². The molecule has 0 bridgehead atoms. The third kappa shape index (κ3) is 9.35. The van der Waals surface area contributed by atoms with Crippen LogP contribution in [-0.2, 0) is 19.2 Å². The number of carbonyl (C=O) groups excluding carboxylic acids is 1. The van der Waals surface area contributed by atoms with Gasteiger partial charge in [-0.3, -0.25) is 14.7 Å². The molecule has 1 amide bonds. The van der Waals surface area contributed by atoms with Crippen molar-refractivity contribution < 1.29 is 143 Å². The number of oxime groups is 1. The maximum absolute atomic E-state index is 13.5. The molecule has 1 saturated heterocycles. The van der Waals surface area contributed by atoms with Crippen LogP contribution >= 0.6 is 34.9 Å². The molecule has 0 saturated carbocycles. The number of hydrogen-bond donors (Lipinski definition) is 4. The number of nitrogens with zero attached hydrogens (tertiary/aromatic N) is 8. The number of carboxylic acids is 3. The van der Waals surface area contributed by atoms with Gasteiger partial charge in [0.25, 0.3) is 17.5 Å². The Balaban J connectivity index is 0.00000261. The van der Waals surface area contributed by atoms with E-state index in [0.29, 0.717) is 16.3 Å². The molecule has 5 heterocycles. The van der Waals surface area contributed by atoms with Gasteiger partial charge in [0.15, 0.2) is 11.2 Å². The van der Waals surface area contributed by atoms with Crippen molar-refractivity contribution in [3.63, 3.8) is 0 Å². The van der Waals surface area contributed by atoms with Crippen molar-refractivity contribution in [3.8, 4) is 11.5 Å². The first kappa shape index (κ1) is 45.4. The van der Waals surface area contributed by atoms with Gasteiger partial charge in [-0.25, -0.2) is 24.4 Å². The number of thioether (sulfide) groups is 2. The number of aliphatic imine (C=N–C) groups is 1. The number of nitrogen functional groups attached to an aromatic ring is 1. The minimum absolute atomic E-state index is 0. The number of aliphatic carboxylic acids is 2. The summed E-state index contributed by atoms with van der Waals surface area (Å²) in [7, 11) is 0. The van der Waals surface area contributed by atoms with Crippen LogP contribution in [0, 0.1) is 6.92 Å². The summed E-state index contributed by atoms with van der Waals surface area (Å²) in [6.07, 6.45) is -1.93. The van der Waals surface area contributed by atoms with Crippen LogP contribution in [0.1, 0.15) is 33.7 Å². The second-order valence-corrected chi connectivity index (χ2v) is 13.6. The van der Waals surface area contributed by atoms with Gasteiger partial charge in [0, 0.05) is 34.0 Å². The molecule has 264 valence electrons. The normalized spacial score (nSPS) is 17.4. The first-order valence-corrected chi connectivity index (χ1v) is 17.1. The molecule has 0 spiro atoms. The number of nitrogens with two attached hydrogens (primary N) is 1. The van der Waals surface area contributed by atoms with Crippen LogP contribution in [0.4, 0.5) is 5.13 Å². The van der Waals surface area contributed by atoms with Crippen molar-refractivity contribution in [2.45, 2.75) is 29.5 Å². The van der Waals surface area contributed by atoms with Crippen molar-refractivity contribution in [1.82, 2.24) is 29.5 Å². The van der Waals surface area contributed by atoms with E-state index in [9.17, 15) is 49.8 Å². The number of anilines is 1. The van der Waals surface area contributed by atoms with Gasteiger partial charge in [0.05, 0.1) is 0 Å². The first-order valence-electron chi connectivity index (χ1n) is 14.1. The summed E-state index contributed by atoms with van der Waals surface area (Å²) in [6.45, 7) is 1.67. The summed E-state index contributed by atoms with van der Waals surface area (Å²) in [4.78, 5) is 71.2. The number of aryl methyl sites for hydroxylation is 1. The Morgan fingerprint density at radius 1 is 1.09 bits per heavy atom. The summed E-state index contributed by atoms with van der Waals surface area (Å²) in [5.41, 5.74) is 5.23. The Morgan fingerprint density at radius 2 is 1.81 bits per heavy atom. The number of benzene rings is 1. The number of β-lactam (4-membered cyclic amide) rings is 1. The van der Waals surface area contributed by atoms with E-state index in [-0.39, 0.29) is 128 Å². The van der Waals surface area contributed by atoms with E-state index in [1.807, 2.05) is 0 Å². The molecule has 26 heteroatoms. The monoisotopic (exact) mass is 823 g/mol. The van der Waals surface area contributed by atoms with E-state index >= 15 is 0 Å². The molecule has 0 unspecified atom stereocenters. The molecule has 0 aliphatic carbocycles. The maximum Gasteiger partial charge on any atom is 1.00 e. The predicted octanol–water partition coefficient (Wildman–Crippen LogP) is -9.95. The fraction of sp³-hybridized carbons (Fsp3) is 0.214. The van der Waals surface area contributed by atoms with Gasteiger partial charge in [-0.2, -0.15) is 9.50 Å². The molecule has 6 rings (SSSR count). The van der Waals surface area contributed by atoms with Crippen LogP contribution in [-0.4, -0.2) is 103 Å².